The molecule has 2 amide bonds. The molecule has 6 heteroatoms. The van der Waals surface area contributed by atoms with Crippen molar-refractivity contribution in [2.24, 2.45) is 5.92 Å². The molecule has 1 N–H and O–H groups in total. The zero-order chi connectivity index (χ0) is 20.8. The first-order valence-corrected chi connectivity index (χ1v) is 9.89. The van der Waals surface area contributed by atoms with E-state index in [9.17, 15) is 9.59 Å². The molecule has 0 unspecified atom stereocenters. The summed E-state index contributed by atoms with van der Waals surface area (Å²) in [4.78, 5) is 27.3. The standard InChI is InChI=1S/C23H28N2O4/c1-16(17-7-5-4-6-8-17)24-22(26)18-9-11-25(12-10-18)23(27)19-13-20(28-2)15-21(14-19)29-3/h4-8,13-16,18H,9-12H2,1-3H3,(H,24,26)/t16-/m1/s1. The van der Waals surface area contributed by atoms with Gasteiger partial charge in [-0.3, -0.25) is 9.59 Å². The van der Waals surface area contributed by atoms with Crippen LogP contribution in [0.15, 0.2) is 48.5 Å². The Morgan fingerprint density at radius 3 is 2.14 bits per heavy atom. The number of carbonyl (C=O) groups is 2. The lowest BCUT2D eigenvalue weighted by molar-refractivity contribution is -0.126. The van der Waals surface area contributed by atoms with Gasteiger partial charge in [-0.05, 0) is 37.5 Å². The van der Waals surface area contributed by atoms with Gasteiger partial charge in [0, 0.05) is 30.6 Å². The van der Waals surface area contributed by atoms with Gasteiger partial charge in [0.2, 0.25) is 5.91 Å². The van der Waals surface area contributed by atoms with Crippen LogP contribution in [0.5, 0.6) is 11.5 Å². The molecule has 1 fully saturated rings. The molecule has 0 spiro atoms. The molecule has 6 nitrogen and oxygen atoms in total. The zero-order valence-corrected chi connectivity index (χ0v) is 17.2. The van der Waals surface area contributed by atoms with Crippen LogP contribution in [0.25, 0.3) is 0 Å². The van der Waals surface area contributed by atoms with Crippen molar-refractivity contribution in [3.05, 3.63) is 59.7 Å². The number of hydrogen-bond donors (Lipinski definition) is 1. The quantitative estimate of drug-likeness (QED) is 0.812. The van der Waals surface area contributed by atoms with Crippen LogP contribution in [-0.4, -0.2) is 44.0 Å². The number of likely N-dealkylation sites (tertiary alicyclic amines) is 1. The van der Waals surface area contributed by atoms with Gasteiger partial charge in [-0.2, -0.15) is 0 Å². The zero-order valence-electron chi connectivity index (χ0n) is 17.2. The molecule has 2 aromatic rings. The first kappa shape index (κ1) is 20.7. The molecule has 3 rings (SSSR count). The summed E-state index contributed by atoms with van der Waals surface area (Å²) >= 11 is 0. The van der Waals surface area contributed by atoms with Crippen molar-refractivity contribution in [2.45, 2.75) is 25.8 Å². The number of benzene rings is 2. The van der Waals surface area contributed by atoms with Crippen molar-refractivity contribution in [1.82, 2.24) is 10.2 Å². The highest BCUT2D eigenvalue weighted by Crippen LogP contribution is 2.26. The minimum atomic E-state index is -0.0787. The first-order chi connectivity index (χ1) is 14.0. The van der Waals surface area contributed by atoms with Crippen molar-refractivity contribution in [1.29, 1.82) is 0 Å². The summed E-state index contributed by atoms with van der Waals surface area (Å²) < 4.78 is 10.5. The van der Waals surface area contributed by atoms with E-state index >= 15 is 0 Å². The number of ether oxygens (including phenoxy) is 2. The molecule has 1 aliphatic rings. The number of piperidine rings is 1. The second-order valence-electron chi connectivity index (χ2n) is 7.31. The molecule has 1 saturated heterocycles. The fourth-order valence-electron chi connectivity index (χ4n) is 3.61. The van der Waals surface area contributed by atoms with Crippen LogP contribution < -0.4 is 14.8 Å². The van der Waals surface area contributed by atoms with Gasteiger partial charge in [0.15, 0.2) is 0 Å². The van der Waals surface area contributed by atoms with Gasteiger partial charge in [-0.1, -0.05) is 30.3 Å². The van der Waals surface area contributed by atoms with Crippen molar-refractivity contribution >= 4 is 11.8 Å². The second-order valence-corrected chi connectivity index (χ2v) is 7.31. The third-order valence-corrected chi connectivity index (χ3v) is 5.41. The molecule has 1 atom stereocenters. The van der Waals surface area contributed by atoms with E-state index in [1.807, 2.05) is 37.3 Å². The SMILES string of the molecule is COc1cc(OC)cc(C(=O)N2CCC(C(=O)N[C@H](C)c3ccccc3)CC2)c1. The predicted molar refractivity (Wildman–Crippen MR) is 111 cm³/mol. The summed E-state index contributed by atoms with van der Waals surface area (Å²) in [7, 11) is 3.12. The summed E-state index contributed by atoms with van der Waals surface area (Å²) in [5, 5.41) is 3.10. The Morgan fingerprint density at radius 2 is 1.59 bits per heavy atom. The fourth-order valence-corrected chi connectivity index (χ4v) is 3.61. The Balaban J connectivity index is 1.57. The number of hydrogen-bond acceptors (Lipinski definition) is 4. The van der Waals surface area contributed by atoms with Crippen molar-refractivity contribution in [2.75, 3.05) is 27.3 Å². The molecule has 29 heavy (non-hydrogen) atoms. The van der Waals surface area contributed by atoms with E-state index in [-0.39, 0.29) is 23.8 Å². The fraction of sp³-hybridized carbons (Fsp3) is 0.391. The Kier molecular flexibility index (Phi) is 6.75. The van der Waals surface area contributed by atoms with E-state index in [0.29, 0.717) is 43.0 Å². The molecular weight excluding hydrogens is 368 g/mol. The average molecular weight is 396 g/mol. The Morgan fingerprint density at radius 1 is 1.00 bits per heavy atom. The number of rotatable bonds is 6. The van der Waals surface area contributed by atoms with E-state index in [4.69, 9.17) is 9.47 Å². The largest absolute Gasteiger partial charge is 0.497 e. The second kappa shape index (κ2) is 9.45. The number of methoxy groups -OCH3 is 2. The Bertz CT molecular complexity index is 823. The van der Waals surface area contributed by atoms with E-state index < -0.39 is 0 Å². The molecule has 1 aliphatic heterocycles. The van der Waals surface area contributed by atoms with Gasteiger partial charge >= 0.3 is 0 Å². The van der Waals surface area contributed by atoms with E-state index in [0.717, 1.165) is 5.56 Å². The van der Waals surface area contributed by atoms with Gasteiger partial charge in [-0.25, -0.2) is 0 Å². The maximum atomic E-state index is 12.9. The molecule has 1 heterocycles. The highest BCUT2D eigenvalue weighted by atomic mass is 16.5. The molecule has 0 saturated carbocycles. The molecule has 154 valence electrons. The van der Waals surface area contributed by atoms with Crippen LogP contribution in [0.2, 0.25) is 0 Å². The minimum Gasteiger partial charge on any atom is -0.497 e. The summed E-state index contributed by atoms with van der Waals surface area (Å²) in [5.41, 5.74) is 1.61. The van der Waals surface area contributed by atoms with Crippen molar-refractivity contribution in [3.8, 4) is 11.5 Å². The lowest BCUT2D eigenvalue weighted by Crippen LogP contribution is -2.43. The molecule has 0 aromatic heterocycles. The van der Waals surface area contributed by atoms with Gasteiger partial charge in [0.05, 0.1) is 20.3 Å². The monoisotopic (exact) mass is 396 g/mol. The highest BCUT2D eigenvalue weighted by Gasteiger charge is 2.29. The lowest BCUT2D eigenvalue weighted by atomic mass is 9.94. The highest BCUT2D eigenvalue weighted by molar-refractivity contribution is 5.95. The normalized spacial score (nSPS) is 15.5. The van der Waals surface area contributed by atoms with Crippen LogP contribution in [0.1, 0.15) is 41.7 Å². The van der Waals surface area contributed by atoms with Crippen molar-refractivity contribution in [3.63, 3.8) is 0 Å². The van der Waals surface area contributed by atoms with E-state index in [1.165, 1.54) is 0 Å². The van der Waals surface area contributed by atoms with E-state index in [2.05, 4.69) is 5.32 Å². The van der Waals surface area contributed by atoms with Crippen LogP contribution in [0.4, 0.5) is 0 Å². The van der Waals surface area contributed by atoms with Crippen LogP contribution in [0.3, 0.4) is 0 Å². The minimum absolute atomic E-state index is 0.0346. The Labute approximate surface area is 171 Å². The van der Waals surface area contributed by atoms with Crippen LogP contribution in [0, 0.1) is 5.92 Å². The maximum Gasteiger partial charge on any atom is 0.254 e. The third-order valence-electron chi connectivity index (χ3n) is 5.41. The number of carbonyl (C=O) groups excluding carboxylic acids is 2. The predicted octanol–water partition coefficient (Wildman–Crippen LogP) is 3.43. The van der Waals surface area contributed by atoms with Gasteiger partial charge in [0.1, 0.15) is 11.5 Å². The molecule has 0 bridgehead atoms. The molecule has 0 aliphatic carbocycles. The van der Waals surface area contributed by atoms with Crippen LogP contribution >= 0.6 is 0 Å². The number of amides is 2. The summed E-state index contributed by atoms with van der Waals surface area (Å²) in [6.07, 6.45) is 1.31. The third kappa shape index (κ3) is 5.08. The Hall–Kier alpha value is -3.02. The van der Waals surface area contributed by atoms with Gasteiger partial charge < -0.3 is 19.7 Å². The van der Waals surface area contributed by atoms with Gasteiger partial charge in [-0.15, -0.1) is 0 Å². The van der Waals surface area contributed by atoms with Crippen molar-refractivity contribution < 1.29 is 19.1 Å². The average Bonchev–Trinajstić information content (AvgIpc) is 2.78. The van der Waals surface area contributed by atoms with Crippen LogP contribution in [-0.2, 0) is 4.79 Å². The maximum absolute atomic E-state index is 12.9. The number of nitrogens with one attached hydrogen (secondary N) is 1. The summed E-state index contributed by atoms with van der Waals surface area (Å²) in [6.45, 7) is 3.09. The topological polar surface area (TPSA) is 67.9 Å². The molecule has 0 radical (unpaired) electrons. The first-order valence-electron chi connectivity index (χ1n) is 9.89. The van der Waals surface area contributed by atoms with E-state index in [1.54, 1.807) is 37.3 Å². The summed E-state index contributed by atoms with van der Waals surface area (Å²) in [5.74, 6) is 1.06. The molecular formula is C23H28N2O4. The molecule has 2 aromatic carbocycles. The lowest BCUT2D eigenvalue weighted by Gasteiger charge is -2.32. The number of nitrogens with zero attached hydrogens (tertiary/aromatic N) is 1. The van der Waals surface area contributed by atoms with Gasteiger partial charge in [0.25, 0.3) is 5.91 Å². The smallest absolute Gasteiger partial charge is 0.254 e. The summed E-state index contributed by atoms with van der Waals surface area (Å²) in [6, 6.07) is 15.0.